The first-order chi connectivity index (χ1) is 9.57. The van der Waals surface area contributed by atoms with Gasteiger partial charge in [-0.05, 0) is 37.2 Å². The standard InChI is InChI=1S/C14H24FN3O2S/c1-14(2,10-18(3)4)9-17-21(19,20)13-7-11(8-16)5-6-12(13)15/h5-7,17H,8-10,16H2,1-4H3. The summed E-state index contributed by atoms with van der Waals surface area (Å²) in [6, 6.07) is 3.88. The lowest BCUT2D eigenvalue weighted by atomic mass is 9.93. The molecule has 7 heteroatoms. The normalized spacial score (nSPS) is 12.9. The van der Waals surface area contributed by atoms with Crippen molar-refractivity contribution in [3.05, 3.63) is 29.6 Å². The number of nitrogens with one attached hydrogen (secondary N) is 1. The minimum Gasteiger partial charge on any atom is -0.326 e. The number of benzene rings is 1. The van der Waals surface area contributed by atoms with Crippen molar-refractivity contribution < 1.29 is 12.8 Å². The highest BCUT2D eigenvalue weighted by atomic mass is 32.2. The number of hydrogen-bond acceptors (Lipinski definition) is 4. The second-order valence-electron chi connectivity index (χ2n) is 6.20. The first-order valence-electron chi connectivity index (χ1n) is 6.70. The molecule has 0 unspecified atom stereocenters. The maximum Gasteiger partial charge on any atom is 0.243 e. The molecule has 21 heavy (non-hydrogen) atoms. The van der Waals surface area contributed by atoms with Gasteiger partial charge in [0.25, 0.3) is 0 Å². The highest BCUT2D eigenvalue weighted by molar-refractivity contribution is 7.89. The Morgan fingerprint density at radius 3 is 2.48 bits per heavy atom. The Morgan fingerprint density at radius 1 is 1.33 bits per heavy atom. The molecule has 0 atom stereocenters. The predicted molar refractivity (Wildman–Crippen MR) is 81.8 cm³/mol. The van der Waals surface area contributed by atoms with Crippen LogP contribution in [-0.4, -0.2) is 40.5 Å². The number of halogens is 1. The zero-order chi connectivity index (χ0) is 16.3. The van der Waals surface area contributed by atoms with Gasteiger partial charge < -0.3 is 10.6 Å². The van der Waals surface area contributed by atoms with E-state index in [2.05, 4.69) is 4.72 Å². The summed E-state index contributed by atoms with van der Waals surface area (Å²) in [6.45, 7) is 4.99. The highest BCUT2D eigenvalue weighted by Crippen LogP contribution is 2.19. The Balaban J connectivity index is 2.92. The molecule has 0 aliphatic carbocycles. The van der Waals surface area contributed by atoms with Crippen molar-refractivity contribution in [2.75, 3.05) is 27.2 Å². The minimum absolute atomic E-state index is 0.162. The van der Waals surface area contributed by atoms with Crippen molar-refractivity contribution in [2.45, 2.75) is 25.3 Å². The molecular formula is C14H24FN3O2S. The maximum atomic E-state index is 13.8. The van der Waals surface area contributed by atoms with Crippen molar-refractivity contribution in [1.29, 1.82) is 0 Å². The second kappa shape index (κ2) is 6.83. The first kappa shape index (κ1) is 18.0. The summed E-state index contributed by atoms with van der Waals surface area (Å²) in [5, 5.41) is 0. The number of hydrogen-bond donors (Lipinski definition) is 2. The molecule has 0 heterocycles. The van der Waals surface area contributed by atoms with Gasteiger partial charge in [0.2, 0.25) is 10.0 Å². The second-order valence-corrected chi connectivity index (χ2v) is 7.93. The number of rotatable bonds is 7. The van der Waals surface area contributed by atoms with Gasteiger partial charge in [0.05, 0.1) is 0 Å². The highest BCUT2D eigenvalue weighted by Gasteiger charge is 2.25. The van der Waals surface area contributed by atoms with Gasteiger partial charge in [0, 0.05) is 19.6 Å². The summed E-state index contributed by atoms with van der Waals surface area (Å²) in [4.78, 5) is 1.62. The van der Waals surface area contributed by atoms with Gasteiger partial charge in [0.1, 0.15) is 10.7 Å². The number of sulfonamides is 1. The zero-order valence-electron chi connectivity index (χ0n) is 13.0. The molecule has 0 aliphatic rings. The van der Waals surface area contributed by atoms with Gasteiger partial charge in [-0.15, -0.1) is 0 Å². The van der Waals surface area contributed by atoms with Crippen LogP contribution >= 0.6 is 0 Å². The van der Waals surface area contributed by atoms with E-state index in [1.165, 1.54) is 12.1 Å². The Labute approximate surface area is 126 Å². The molecule has 1 aromatic carbocycles. The molecule has 5 nitrogen and oxygen atoms in total. The van der Waals surface area contributed by atoms with E-state index >= 15 is 0 Å². The fourth-order valence-corrected chi connectivity index (χ4v) is 3.53. The SMILES string of the molecule is CN(C)CC(C)(C)CNS(=O)(=O)c1cc(CN)ccc1F. The van der Waals surface area contributed by atoms with Crippen LogP contribution in [0.4, 0.5) is 4.39 Å². The molecule has 0 fully saturated rings. The molecule has 1 rings (SSSR count). The fourth-order valence-electron chi connectivity index (χ4n) is 2.16. The largest absolute Gasteiger partial charge is 0.326 e. The number of nitrogens with zero attached hydrogens (tertiary/aromatic N) is 1. The molecular weight excluding hydrogens is 293 g/mol. The monoisotopic (exact) mass is 317 g/mol. The van der Waals surface area contributed by atoms with Crippen LogP contribution in [0.1, 0.15) is 19.4 Å². The molecule has 0 radical (unpaired) electrons. The van der Waals surface area contributed by atoms with Gasteiger partial charge in [-0.3, -0.25) is 0 Å². The van der Waals surface area contributed by atoms with Gasteiger partial charge in [0.15, 0.2) is 0 Å². The average molecular weight is 317 g/mol. The Hall–Kier alpha value is -1.02. The van der Waals surface area contributed by atoms with E-state index < -0.39 is 15.8 Å². The smallest absolute Gasteiger partial charge is 0.243 e. The molecule has 0 aromatic heterocycles. The molecule has 120 valence electrons. The molecule has 3 N–H and O–H groups in total. The third kappa shape index (κ3) is 5.35. The first-order valence-corrected chi connectivity index (χ1v) is 8.18. The van der Waals surface area contributed by atoms with Gasteiger partial charge >= 0.3 is 0 Å². The summed E-state index contributed by atoms with van der Waals surface area (Å²) < 4.78 is 40.7. The van der Waals surface area contributed by atoms with Crippen molar-refractivity contribution in [3.63, 3.8) is 0 Å². The van der Waals surface area contributed by atoms with E-state index in [9.17, 15) is 12.8 Å². The molecule has 0 bridgehead atoms. The molecule has 1 aromatic rings. The van der Waals surface area contributed by atoms with E-state index in [1.54, 1.807) is 0 Å². The van der Waals surface area contributed by atoms with Crippen molar-refractivity contribution in [1.82, 2.24) is 9.62 Å². The van der Waals surface area contributed by atoms with Crippen LogP contribution in [0.2, 0.25) is 0 Å². The summed E-state index contributed by atoms with van der Waals surface area (Å²) >= 11 is 0. The quantitative estimate of drug-likeness (QED) is 0.791. The predicted octanol–water partition coefficient (Wildman–Crippen LogP) is 1.15. The van der Waals surface area contributed by atoms with Crippen molar-refractivity contribution >= 4 is 10.0 Å². The van der Waals surface area contributed by atoms with Gasteiger partial charge in [-0.2, -0.15) is 0 Å². The topological polar surface area (TPSA) is 75.4 Å². The maximum absolute atomic E-state index is 13.8. The van der Waals surface area contributed by atoms with Gasteiger partial charge in [-0.25, -0.2) is 17.5 Å². The van der Waals surface area contributed by atoms with E-state index in [1.807, 2.05) is 32.8 Å². The molecule has 0 spiro atoms. The van der Waals surface area contributed by atoms with Crippen molar-refractivity contribution in [2.24, 2.45) is 11.1 Å². The molecule has 0 saturated carbocycles. The lowest BCUT2D eigenvalue weighted by Gasteiger charge is -2.28. The van der Waals surface area contributed by atoms with Crippen LogP contribution < -0.4 is 10.5 Å². The van der Waals surface area contributed by atoms with E-state index in [0.29, 0.717) is 12.1 Å². The van der Waals surface area contributed by atoms with E-state index in [-0.39, 0.29) is 23.4 Å². The molecule has 0 saturated heterocycles. The van der Waals surface area contributed by atoms with Crippen LogP contribution in [0, 0.1) is 11.2 Å². The summed E-state index contributed by atoms with van der Waals surface area (Å²) in [7, 11) is -0.0570. The van der Waals surface area contributed by atoms with Crippen LogP contribution in [0.3, 0.4) is 0 Å². The molecule has 0 amide bonds. The summed E-state index contributed by atoms with van der Waals surface area (Å²) in [6.07, 6.45) is 0. The van der Waals surface area contributed by atoms with E-state index in [4.69, 9.17) is 5.73 Å². The van der Waals surface area contributed by atoms with Crippen LogP contribution in [0.15, 0.2) is 23.1 Å². The summed E-state index contributed by atoms with van der Waals surface area (Å²) in [5.74, 6) is -0.773. The van der Waals surface area contributed by atoms with Crippen LogP contribution in [0.25, 0.3) is 0 Å². The number of nitrogens with two attached hydrogens (primary N) is 1. The van der Waals surface area contributed by atoms with Gasteiger partial charge in [-0.1, -0.05) is 19.9 Å². The Bertz CT molecular complexity index is 586. The van der Waals surface area contributed by atoms with Crippen LogP contribution in [0.5, 0.6) is 0 Å². The molecule has 0 aliphatic heterocycles. The Morgan fingerprint density at radius 2 is 1.95 bits per heavy atom. The fraction of sp³-hybridized carbons (Fsp3) is 0.571. The summed E-state index contributed by atoms with van der Waals surface area (Å²) in [5.41, 5.74) is 5.78. The lowest BCUT2D eigenvalue weighted by molar-refractivity contribution is 0.242. The third-order valence-electron chi connectivity index (χ3n) is 3.01. The minimum atomic E-state index is -3.89. The third-order valence-corrected chi connectivity index (χ3v) is 4.42. The van der Waals surface area contributed by atoms with Crippen LogP contribution in [-0.2, 0) is 16.6 Å². The van der Waals surface area contributed by atoms with E-state index in [0.717, 1.165) is 6.07 Å². The Kier molecular flexibility index (Phi) is 5.86. The lowest BCUT2D eigenvalue weighted by Crippen LogP contribution is -2.40. The zero-order valence-corrected chi connectivity index (χ0v) is 13.8. The average Bonchev–Trinajstić information content (AvgIpc) is 2.36. The van der Waals surface area contributed by atoms with Crippen molar-refractivity contribution in [3.8, 4) is 0 Å².